The zero-order valence-corrected chi connectivity index (χ0v) is 13.0. The number of likely N-dealkylation sites (N-methyl/N-ethyl adjacent to an activating group) is 1. The van der Waals surface area contributed by atoms with Gasteiger partial charge in [-0.05, 0) is 37.5 Å². The Balaban J connectivity index is 1.84. The molecule has 0 bridgehead atoms. The molecule has 1 amide bonds. The van der Waals surface area contributed by atoms with Crippen LogP contribution in [0.15, 0.2) is 18.2 Å². The van der Waals surface area contributed by atoms with Crippen LogP contribution in [0.5, 0.6) is 11.5 Å². The lowest BCUT2D eigenvalue weighted by atomic mass is 10.2. The van der Waals surface area contributed by atoms with Crippen molar-refractivity contribution in [1.29, 1.82) is 0 Å². The maximum Gasteiger partial charge on any atom is 0.236 e. The fourth-order valence-electron chi connectivity index (χ4n) is 2.43. The van der Waals surface area contributed by atoms with E-state index in [0.29, 0.717) is 30.6 Å². The fraction of sp³-hybridized carbons (Fsp3) is 0.562. The van der Waals surface area contributed by atoms with Gasteiger partial charge in [0, 0.05) is 19.1 Å². The van der Waals surface area contributed by atoms with Gasteiger partial charge >= 0.3 is 0 Å². The van der Waals surface area contributed by atoms with Crippen molar-refractivity contribution in [2.75, 3.05) is 27.3 Å². The van der Waals surface area contributed by atoms with Gasteiger partial charge in [-0.3, -0.25) is 4.79 Å². The molecular weight excluding hydrogens is 268 g/mol. The Morgan fingerprint density at radius 1 is 1.29 bits per heavy atom. The highest BCUT2D eigenvalue weighted by molar-refractivity contribution is 5.78. The zero-order chi connectivity index (χ0) is 15.2. The Morgan fingerprint density at radius 2 is 2.00 bits per heavy atom. The van der Waals surface area contributed by atoms with Crippen LogP contribution in [0.4, 0.5) is 0 Å². The van der Waals surface area contributed by atoms with Crippen LogP contribution >= 0.6 is 0 Å². The number of benzene rings is 1. The molecule has 0 spiro atoms. The standard InChI is InChI=1S/C16H24N2O3/c1-4-18(13-6-7-13)16(19)11-17-10-12-5-8-14(20-2)15(9-12)21-3/h5,8-9,13,17H,4,6-7,10-11H2,1-3H3. The van der Waals surface area contributed by atoms with Crippen molar-refractivity contribution >= 4 is 5.91 Å². The summed E-state index contributed by atoms with van der Waals surface area (Å²) < 4.78 is 10.5. The van der Waals surface area contributed by atoms with Gasteiger partial charge in [-0.2, -0.15) is 0 Å². The van der Waals surface area contributed by atoms with E-state index in [1.54, 1.807) is 14.2 Å². The monoisotopic (exact) mass is 292 g/mol. The number of carbonyl (C=O) groups excluding carboxylic acids is 1. The highest BCUT2D eigenvalue weighted by Crippen LogP contribution is 2.28. The van der Waals surface area contributed by atoms with E-state index in [4.69, 9.17) is 9.47 Å². The van der Waals surface area contributed by atoms with E-state index >= 15 is 0 Å². The Kier molecular flexibility index (Phi) is 5.44. The number of hydrogen-bond donors (Lipinski definition) is 1. The first kappa shape index (κ1) is 15.6. The molecule has 1 fully saturated rings. The molecule has 2 rings (SSSR count). The van der Waals surface area contributed by atoms with Crippen molar-refractivity contribution in [2.45, 2.75) is 32.4 Å². The molecule has 0 radical (unpaired) electrons. The van der Waals surface area contributed by atoms with Gasteiger partial charge in [0.1, 0.15) is 0 Å². The molecular formula is C16H24N2O3. The van der Waals surface area contributed by atoms with Crippen LogP contribution in [0, 0.1) is 0 Å². The van der Waals surface area contributed by atoms with Crippen molar-refractivity contribution in [3.63, 3.8) is 0 Å². The zero-order valence-electron chi connectivity index (χ0n) is 13.0. The number of hydrogen-bond acceptors (Lipinski definition) is 4. The van der Waals surface area contributed by atoms with Crippen LogP contribution in [0.3, 0.4) is 0 Å². The summed E-state index contributed by atoms with van der Waals surface area (Å²) in [7, 11) is 3.24. The van der Waals surface area contributed by atoms with Gasteiger partial charge in [-0.1, -0.05) is 6.07 Å². The third-order valence-electron chi connectivity index (χ3n) is 3.70. The molecule has 1 aromatic rings. The molecule has 0 heterocycles. The summed E-state index contributed by atoms with van der Waals surface area (Å²) in [5, 5.41) is 3.20. The molecule has 1 saturated carbocycles. The lowest BCUT2D eigenvalue weighted by molar-refractivity contribution is -0.130. The normalized spacial score (nSPS) is 13.9. The van der Waals surface area contributed by atoms with Crippen molar-refractivity contribution < 1.29 is 14.3 Å². The van der Waals surface area contributed by atoms with Gasteiger partial charge in [0.25, 0.3) is 0 Å². The minimum absolute atomic E-state index is 0.181. The third-order valence-corrected chi connectivity index (χ3v) is 3.70. The second-order valence-electron chi connectivity index (χ2n) is 5.20. The Labute approximate surface area is 126 Å². The van der Waals surface area contributed by atoms with Crippen molar-refractivity contribution in [3.8, 4) is 11.5 Å². The van der Waals surface area contributed by atoms with E-state index in [9.17, 15) is 4.79 Å². The first-order valence-electron chi connectivity index (χ1n) is 7.40. The van der Waals surface area contributed by atoms with Gasteiger partial charge in [0.2, 0.25) is 5.91 Å². The molecule has 5 heteroatoms. The molecule has 0 unspecified atom stereocenters. The molecule has 1 aromatic carbocycles. The van der Waals surface area contributed by atoms with Gasteiger partial charge in [-0.25, -0.2) is 0 Å². The maximum absolute atomic E-state index is 12.1. The molecule has 0 atom stereocenters. The minimum atomic E-state index is 0.181. The number of nitrogens with zero attached hydrogens (tertiary/aromatic N) is 1. The molecule has 5 nitrogen and oxygen atoms in total. The first-order valence-corrected chi connectivity index (χ1v) is 7.40. The molecule has 1 aliphatic carbocycles. The van der Waals surface area contributed by atoms with Crippen LogP contribution in [0.1, 0.15) is 25.3 Å². The maximum atomic E-state index is 12.1. The quantitative estimate of drug-likeness (QED) is 0.794. The van der Waals surface area contributed by atoms with Gasteiger partial charge in [-0.15, -0.1) is 0 Å². The SMILES string of the molecule is CCN(C(=O)CNCc1ccc(OC)c(OC)c1)C1CC1. The van der Waals surface area contributed by atoms with E-state index < -0.39 is 0 Å². The molecule has 0 aliphatic heterocycles. The van der Waals surface area contributed by atoms with Crippen molar-refractivity contribution in [1.82, 2.24) is 10.2 Å². The number of nitrogens with one attached hydrogen (secondary N) is 1. The van der Waals surface area contributed by atoms with Gasteiger partial charge in [0.05, 0.1) is 20.8 Å². The lowest BCUT2D eigenvalue weighted by Gasteiger charge is -2.20. The minimum Gasteiger partial charge on any atom is -0.493 e. The molecule has 0 aromatic heterocycles. The summed E-state index contributed by atoms with van der Waals surface area (Å²) in [6.45, 7) is 3.83. The van der Waals surface area contributed by atoms with Crippen LogP contribution < -0.4 is 14.8 Å². The average molecular weight is 292 g/mol. The van der Waals surface area contributed by atoms with E-state index in [1.807, 2.05) is 30.0 Å². The highest BCUT2D eigenvalue weighted by Gasteiger charge is 2.30. The van der Waals surface area contributed by atoms with E-state index in [-0.39, 0.29) is 5.91 Å². The topological polar surface area (TPSA) is 50.8 Å². The molecule has 1 N–H and O–H groups in total. The second kappa shape index (κ2) is 7.31. The molecule has 1 aliphatic rings. The van der Waals surface area contributed by atoms with Crippen molar-refractivity contribution in [2.24, 2.45) is 0 Å². The van der Waals surface area contributed by atoms with Crippen molar-refractivity contribution in [3.05, 3.63) is 23.8 Å². The predicted octanol–water partition coefficient (Wildman–Crippen LogP) is 1.80. The molecule has 21 heavy (non-hydrogen) atoms. The van der Waals surface area contributed by atoms with Gasteiger partial charge in [0.15, 0.2) is 11.5 Å². The first-order chi connectivity index (χ1) is 10.2. The summed E-state index contributed by atoms with van der Waals surface area (Å²) in [6, 6.07) is 6.25. The Morgan fingerprint density at radius 3 is 2.57 bits per heavy atom. The van der Waals surface area contributed by atoms with Crippen LogP contribution in [-0.4, -0.2) is 44.2 Å². The van der Waals surface area contributed by atoms with Crippen LogP contribution in [0.2, 0.25) is 0 Å². The van der Waals surface area contributed by atoms with Crippen LogP contribution in [-0.2, 0) is 11.3 Å². The molecule has 116 valence electrons. The number of carbonyl (C=O) groups is 1. The predicted molar refractivity (Wildman–Crippen MR) is 81.7 cm³/mol. The largest absolute Gasteiger partial charge is 0.493 e. The fourth-order valence-corrected chi connectivity index (χ4v) is 2.43. The third kappa shape index (κ3) is 4.11. The lowest BCUT2D eigenvalue weighted by Crippen LogP contribution is -2.39. The summed E-state index contributed by atoms with van der Waals surface area (Å²) in [5.41, 5.74) is 1.06. The highest BCUT2D eigenvalue weighted by atomic mass is 16.5. The number of rotatable bonds is 8. The van der Waals surface area contributed by atoms with E-state index in [2.05, 4.69) is 5.32 Å². The van der Waals surface area contributed by atoms with Gasteiger partial charge < -0.3 is 19.7 Å². The Hall–Kier alpha value is -1.75. The second-order valence-corrected chi connectivity index (χ2v) is 5.20. The average Bonchev–Trinajstić information content (AvgIpc) is 3.32. The number of ether oxygens (including phenoxy) is 2. The summed E-state index contributed by atoms with van der Waals surface area (Å²) in [4.78, 5) is 14.0. The van der Waals surface area contributed by atoms with E-state index in [1.165, 1.54) is 0 Å². The number of amides is 1. The summed E-state index contributed by atoms with van der Waals surface area (Å²) >= 11 is 0. The Bertz CT molecular complexity index is 486. The molecule has 0 saturated heterocycles. The van der Waals surface area contributed by atoms with Crippen LogP contribution in [0.25, 0.3) is 0 Å². The number of methoxy groups -OCH3 is 2. The smallest absolute Gasteiger partial charge is 0.236 e. The van der Waals surface area contributed by atoms with E-state index in [0.717, 1.165) is 24.9 Å². The summed E-state index contributed by atoms with van der Waals surface area (Å²) in [6.07, 6.45) is 2.30. The summed E-state index contributed by atoms with van der Waals surface area (Å²) in [5.74, 6) is 1.60.